The molecule has 0 fully saturated rings. The van der Waals surface area contributed by atoms with E-state index in [2.05, 4.69) is 27.7 Å². The minimum Gasteiger partial charge on any atom is -1.00 e. The molecule has 0 aromatic carbocycles. The molecule has 1 N–H and O–H groups in total. The van der Waals surface area contributed by atoms with Crippen molar-refractivity contribution in [3.05, 3.63) is 11.6 Å². The second kappa shape index (κ2) is 75.3. The van der Waals surface area contributed by atoms with Crippen LogP contribution in [-0.2, 0) is 4.79 Å². The van der Waals surface area contributed by atoms with Gasteiger partial charge in [0, 0.05) is 6.08 Å². The Morgan fingerprint density at radius 2 is 0.886 bits per heavy atom. The first-order valence-corrected chi connectivity index (χ1v) is 9.21. The number of carboxylic acid groups (broad SMARTS) is 1. The Balaban J connectivity index is -0.00000000678. The van der Waals surface area contributed by atoms with Crippen molar-refractivity contribution >= 4 is 5.97 Å². The van der Waals surface area contributed by atoms with Gasteiger partial charge in [0.25, 0.3) is 0 Å². The zero-order valence-corrected chi connectivity index (χ0v) is 69.1. The molecule has 35 heavy (non-hydrogen) atoms. The molecule has 2 atom stereocenters. The molecule has 0 aliphatic heterocycles. The number of rotatable bonds is 13. The molecule has 0 saturated heterocycles. The van der Waals surface area contributed by atoms with Gasteiger partial charge in [0.05, 0.1) is 0 Å². The summed E-state index contributed by atoms with van der Waals surface area (Å²) >= 11 is 0. The predicted octanol–water partition coefficient (Wildman–Crippen LogP) is -31.0. The summed E-state index contributed by atoms with van der Waals surface area (Å²) in [4.78, 5) is 10.5. The Morgan fingerprint density at radius 1 is 0.600 bits per heavy atom. The van der Waals surface area contributed by atoms with E-state index in [-0.39, 0.29) is 687 Å². The van der Waals surface area contributed by atoms with Crippen molar-refractivity contribution in [2.45, 2.75) is 92.4 Å². The minimum atomic E-state index is -0.822. The van der Waals surface area contributed by atoms with Crippen LogP contribution in [0.1, 0.15) is 111 Å². The Hall–Kier alpha value is 20.5. The van der Waals surface area contributed by atoms with Crippen LogP contribution >= 0.6 is 0 Å². The molecule has 15 heteroatoms. The Labute approximate surface area is 793 Å². The third-order valence-corrected chi connectivity index (χ3v) is 4.51. The molecular formula is C20H51K13O2. The van der Waals surface area contributed by atoms with E-state index in [0.717, 1.165) is 36.2 Å². The topological polar surface area (TPSA) is 37.3 Å². The number of hydrogen-bond donors (Lipinski definition) is 1. The van der Waals surface area contributed by atoms with Crippen LogP contribution in [0.15, 0.2) is 11.6 Å². The van der Waals surface area contributed by atoms with Crippen molar-refractivity contribution < 1.29 is 696 Å². The molecule has 0 radical (unpaired) electrons. The second-order valence-corrected chi connectivity index (χ2v) is 7.69. The average Bonchev–Trinajstić information content (AvgIpc) is 2.37. The molecule has 0 aromatic heterocycles. The van der Waals surface area contributed by atoms with Gasteiger partial charge in [-0.25, -0.2) is 4.79 Å². The van der Waals surface area contributed by atoms with Gasteiger partial charge < -0.3 is 23.7 Å². The zero-order valence-electron chi connectivity index (χ0n) is 41.5. The van der Waals surface area contributed by atoms with Crippen molar-refractivity contribution in [1.29, 1.82) is 0 Å². The molecule has 0 aliphatic carbocycles. The summed E-state index contributed by atoms with van der Waals surface area (Å²) < 4.78 is 0. The summed E-state index contributed by atoms with van der Waals surface area (Å²) in [5, 5.41) is 8.68. The maximum Gasteiger partial charge on any atom is 1.00 e. The maximum atomic E-state index is 10.5. The van der Waals surface area contributed by atoms with Gasteiger partial charge in [-0.15, -0.1) is 0 Å². The van der Waals surface area contributed by atoms with Gasteiger partial charge in [0.2, 0.25) is 0 Å². The number of carboxylic acids is 1. The maximum absolute atomic E-state index is 10.5. The Morgan fingerprint density at radius 3 is 1.17 bits per heavy atom. The van der Waals surface area contributed by atoms with Gasteiger partial charge in [-0.2, -0.15) is 0 Å². The van der Waals surface area contributed by atoms with E-state index < -0.39 is 5.97 Å². The van der Waals surface area contributed by atoms with Gasteiger partial charge >= 0.3 is 674 Å². The summed E-state index contributed by atoms with van der Waals surface area (Å²) in [6.45, 7) is 11.3. The van der Waals surface area contributed by atoms with Crippen molar-refractivity contribution in [3.8, 4) is 0 Å². The average molecular weight is 832 g/mol. The summed E-state index contributed by atoms with van der Waals surface area (Å²) in [6, 6.07) is 0. The van der Waals surface area contributed by atoms with Crippen LogP contribution in [0.25, 0.3) is 0 Å². The third-order valence-electron chi connectivity index (χ3n) is 4.51. The van der Waals surface area contributed by atoms with Crippen LogP contribution in [0.2, 0.25) is 0 Å². The normalized spacial score (nSPS) is 9.49. The van der Waals surface area contributed by atoms with E-state index in [4.69, 9.17) is 5.11 Å². The van der Waals surface area contributed by atoms with Gasteiger partial charge in [-0.3, -0.25) is 0 Å². The number of carbonyl (C=O) groups is 1. The molecule has 0 heterocycles. The fourth-order valence-electron chi connectivity index (χ4n) is 2.99. The van der Waals surface area contributed by atoms with Crippen LogP contribution in [0, 0.1) is 17.8 Å². The van der Waals surface area contributed by atoms with Crippen molar-refractivity contribution in [1.82, 2.24) is 0 Å². The minimum absolute atomic E-state index is 0. The second-order valence-electron chi connectivity index (χ2n) is 7.69. The summed E-state index contributed by atoms with van der Waals surface area (Å²) in [5.74, 6) is 1.65. The van der Waals surface area contributed by atoms with E-state index in [1.54, 1.807) is 0 Å². The number of aliphatic carboxylic acids is 1. The van der Waals surface area contributed by atoms with Crippen LogP contribution in [0.4, 0.5) is 0 Å². The molecule has 0 bridgehead atoms. The third kappa shape index (κ3) is 83.2. The molecule has 2 nitrogen and oxygen atoms in total. The zero-order chi connectivity index (χ0) is 17.0. The van der Waals surface area contributed by atoms with E-state index in [1.165, 1.54) is 51.0 Å². The Kier molecular flexibility index (Phi) is 206. The number of allylic oxidation sites excluding steroid dienone is 1. The van der Waals surface area contributed by atoms with Crippen molar-refractivity contribution in [3.63, 3.8) is 0 Å². The molecule has 0 spiro atoms. The molecular weight excluding hydrogens is 780 g/mol. The first-order valence-electron chi connectivity index (χ1n) is 9.21. The van der Waals surface area contributed by atoms with Gasteiger partial charge in [-0.1, -0.05) is 78.2 Å². The SMILES string of the molecule is C/C(=C\C(=O)O)CCC[C@H](C)CCC[C@H](C)CCCC(C)C.[H-].[H-].[H-].[H-].[H-].[H-].[H-].[H-].[H-].[H-].[H-].[H-].[H-].[K+].[K+].[K+].[K+].[K+].[K+].[K+].[K+].[K+].[K+].[K+].[K+].[K+]. The summed E-state index contributed by atoms with van der Waals surface area (Å²) in [6.07, 6.45) is 12.7. The van der Waals surface area contributed by atoms with E-state index in [1.807, 2.05) is 6.92 Å². The predicted molar refractivity (Wildman–Crippen MR) is 111 cm³/mol. The van der Waals surface area contributed by atoms with Crippen LogP contribution in [-0.4, -0.2) is 11.1 Å². The van der Waals surface area contributed by atoms with Crippen LogP contribution in [0.5, 0.6) is 0 Å². The molecule has 0 aliphatic rings. The van der Waals surface area contributed by atoms with E-state index in [0.29, 0.717) is 0 Å². The molecule has 0 rings (SSSR count). The molecule has 0 saturated carbocycles. The summed E-state index contributed by atoms with van der Waals surface area (Å²) in [7, 11) is 0. The first-order chi connectivity index (χ1) is 10.3. The van der Waals surface area contributed by atoms with Gasteiger partial charge in [-0.05, 0) is 37.5 Å². The molecule has 156 valence electrons. The van der Waals surface area contributed by atoms with Gasteiger partial charge in [0.1, 0.15) is 0 Å². The fraction of sp³-hybridized carbons (Fsp3) is 0.850. The molecule has 0 unspecified atom stereocenters. The van der Waals surface area contributed by atoms with Crippen molar-refractivity contribution in [2.24, 2.45) is 17.8 Å². The Bertz CT molecular complexity index is 391. The first kappa shape index (κ1) is 95.7. The fourth-order valence-corrected chi connectivity index (χ4v) is 2.99. The monoisotopic (exact) mass is 830 g/mol. The smallest absolute Gasteiger partial charge is 1.00 e. The van der Waals surface area contributed by atoms with Crippen molar-refractivity contribution in [2.75, 3.05) is 0 Å². The number of hydrogen-bond acceptors (Lipinski definition) is 1. The largest absolute Gasteiger partial charge is 1.00 e. The van der Waals surface area contributed by atoms with E-state index in [9.17, 15) is 4.79 Å². The standard InChI is InChI=1S/C20H38O2.13K.13H/c1-16(2)9-6-10-17(3)11-7-12-18(4)13-8-14-19(5)15-20(21)22;;;;;;;;;;;;;;;;;;;;;;;;;;/h15-18H,6-14H2,1-5H3,(H,21,22);;;;;;;;;;;;;;;;;;;;;;;;;;/q;13*+1;13*-1/b19-15+;;;;;;;;;;;;;;;;;;;;;;;;;;/t17-,18-;;;;;;;;;;;;;;;;;;;;;;;;;;/m1........................../s1. The van der Waals surface area contributed by atoms with Crippen LogP contribution < -0.4 is 668 Å². The quantitative estimate of drug-likeness (QED) is 0.148. The molecule has 0 aromatic rings. The summed E-state index contributed by atoms with van der Waals surface area (Å²) in [5.41, 5.74) is 0.985. The molecule has 0 amide bonds. The van der Waals surface area contributed by atoms with Gasteiger partial charge in [0.15, 0.2) is 0 Å². The van der Waals surface area contributed by atoms with Crippen LogP contribution in [0.3, 0.4) is 0 Å². The van der Waals surface area contributed by atoms with E-state index >= 15 is 0 Å².